The van der Waals surface area contributed by atoms with E-state index in [-0.39, 0.29) is 5.91 Å². The molecule has 2 aliphatic heterocycles. The highest BCUT2D eigenvalue weighted by molar-refractivity contribution is 5.82. The Kier molecular flexibility index (Phi) is 4.42. The molecule has 2 heterocycles. The summed E-state index contributed by atoms with van der Waals surface area (Å²) in [5.41, 5.74) is 0. The standard InChI is InChI=1S/C13H22N2O4/c1-3-9-8-15(7-6-14(9)2)12(16)10-4-5-11(19-10)13(17)18/h9-11H,3-8H2,1-2H3,(H,17,18)/t9?,10-,11+/m0/s1. The number of carboxylic acid groups (broad SMARTS) is 1. The summed E-state index contributed by atoms with van der Waals surface area (Å²) < 4.78 is 5.33. The SMILES string of the molecule is CCC1CN(C(=O)[C@@H]2CC[C@H](C(=O)O)O2)CCN1C. The summed E-state index contributed by atoms with van der Waals surface area (Å²) >= 11 is 0. The molecule has 2 rings (SSSR count). The molecule has 2 fully saturated rings. The molecule has 0 saturated carbocycles. The Bertz CT molecular complexity index is 361. The van der Waals surface area contributed by atoms with Crippen LogP contribution in [0, 0.1) is 0 Å². The van der Waals surface area contributed by atoms with E-state index in [0.29, 0.717) is 32.0 Å². The lowest BCUT2D eigenvalue weighted by molar-refractivity contribution is -0.155. The monoisotopic (exact) mass is 270 g/mol. The van der Waals surface area contributed by atoms with Crippen molar-refractivity contribution in [2.24, 2.45) is 0 Å². The molecule has 0 aromatic rings. The molecule has 6 nitrogen and oxygen atoms in total. The second-order valence-electron chi connectivity index (χ2n) is 5.36. The number of carbonyl (C=O) groups is 2. The fourth-order valence-electron chi connectivity index (χ4n) is 2.79. The summed E-state index contributed by atoms with van der Waals surface area (Å²) in [6.45, 7) is 4.38. The van der Waals surface area contributed by atoms with E-state index in [1.165, 1.54) is 0 Å². The van der Waals surface area contributed by atoms with Crippen molar-refractivity contribution in [3.05, 3.63) is 0 Å². The van der Waals surface area contributed by atoms with Gasteiger partial charge < -0.3 is 14.7 Å². The molecule has 19 heavy (non-hydrogen) atoms. The lowest BCUT2D eigenvalue weighted by Crippen LogP contribution is -2.55. The van der Waals surface area contributed by atoms with E-state index in [0.717, 1.165) is 13.0 Å². The topological polar surface area (TPSA) is 70.1 Å². The van der Waals surface area contributed by atoms with Crippen LogP contribution in [0.15, 0.2) is 0 Å². The van der Waals surface area contributed by atoms with Crippen LogP contribution < -0.4 is 0 Å². The zero-order valence-electron chi connectivity index (χ0n) is 11.5. The van der Waals surface area contributed by atoms with Crippen molar-refractivity contribution in [3.63, 3.8) is 0 Å². The van der Waals surface area contributed by atoms with Gasteiger partial charge in [-0.05, 0) is 26.3 Å². The third-order valence-electron chi connectivity index (χ3n) is 4.13. The first-order valence-corrected chi connectivity index (χ1v) is 6.90. The highest BCUT2D eigenvalue weighted by atomic mass is 16.5. The zero-order valence-corrected chi connectivity index (χ0v) is 11.5. The fraction of sp³-hybridized carbons (Fsp3) is 0.846. The van der Waals surface area contributed by atoms with Gasteiger partial charge in [-0.2, -0.15) is 0 Å². The molecule has 6 heteroatoms. The Hall–Kier alpha value is -1.14. The lowest BCUT2D eigenvalue weighted by Gasteiger charge is -2.39. The number of aliphatic carboxylic acids is 1. The van der Waals surface area contributed by atoms with Gasteiger partial charge in [-0.3, -0.25) is 9.69 Å². The molecule has 108 valence electrons. The largest absolute Gasteiger partial charge is 0.479 e. The van der Waals surface area contributed by atoms with Gasteiger partial charge in [-0.25, -0.2) is 4.79 Å². The average molecular weight is 270 g/mol. The molecule has 0 aromatic carbocycles. The quantitative estimate of drug-likeness (QED) is 0.791. The summed E-state index contributed by atoms with van der Waals surface area (Å²) in [6.07, 6.45) is 0.560. The molecule has 1 unspecified atom stereocenters. The third-order valence-corrected chi connectivity index (χ3v) is 4.13. The first-order chi connectivity index (χ1) is 9.02. The molecule has 2 saturated heterocycles. The summed E-state index contributed by atoms with van der Waals surface area (Å²) in [7, 11) is 2.07. The Morgan fingerprint density at radius 2 is 1.95 bits per heavy atom. The normalized spacial score (nSPS) is 32.5. The number of likely N-dealkylation sites (N-methyl/N-ethyl adjacent to an activating group) is 1. The molecule has 3 atom stereocenters. The van der Waals surface area contributed by atoms with E-state index in [9.17, 15) is 9.59 Å². The number of ether oxygens (including phenoxy) is 1. The minimum absolute atomic E-state index is 0.0460. The van der Waals surface area contributed by atoms with Crippen molar-refractivity contribution in [2.75, 3.05) is 26.7 Å². The molecule has 0 bridgehead atoms. The van der Waals surface area contributed by atoms with Crippen LogP contribution in [0.5, 0.6) is 0 Å². The molecular weight excluding hydrogens is 248 g/mol. The van der Waals surface area contributed by atoms with Crippen molar-refractivity contribution < 1.29 is 19.4 Å². The Morgan fingerprint density at radius 1 is 1.26 bits per heavy atom. The highest BCUT2D eigenvalue weighted by Crippen LogP contribution is 2.23. The van der Waals surface area contributed by atoms with Gasteiger partial charge in [-0.15, -0.1) is 0 Å². The van der Waals surface area contributed by atoms with E-state index in [1.807, 2.05) is 4.90 Å². The maximum Gasteiger partial charge on any atom is 0.332 e. The van der Waals surface area contributed by atoms with Crippen LogP contribution in [-0.4, -0.2) is 71.7 Å². The molecule has 0 aliphatic carbocycles. The Labute approximate surface area is 113 Å². The molecule has 1 N–H and O–H groups in total. The van der Waals surface area contributed by atoms with Crippen LogP contribution in [0.4, 0.5) is 0 Å². The predicted molar refractivity (Wildman–Crippen MR) is 68.8 cm³/mol. The number of hydrogen-bond acceptors (Lipinski definition) is 4. The second-order valence-corrected chi connectivity index (χ2v) is 5.36. The van der Waals surface area contributed by atoms with E-state index < -0.39 is 18.2 Å². The van der Waals surface area contributed by atoms with Crippen molar-refractivity contribution in [3.8, 4) is 0 Å². The first kappa shape index (κ1) is 14.3. The van der Waals surface area contributed by atoms with Gasteiger partial charge in [0.2, 0.25) is 0 Å². The van der Waals surface area contributed by atoms with Gasteiger partial charge in [0.25, 0.3) is 5.91 Å². The van der Waals surface area contributed by atoms with Crippen LogP contribution in [-0.2, 0) is 14.3 Å². The van der Waals surface area contributed by atoms with E-state index in [1.54, 1.807) is 0 Å². The third kappa shape index (κ3) is 3.06. The summed E-state index contributed by atoms with van der Waals surface area (Å²) in [5.74, 6) is -1.02. The molecule has 0 radical (unpaired) electrons. The number of piperazine rings is 1. The van der Waals surface area contributed by atoms with Crippen molar-refractivity contribution in [2.45, 2.75) is 44.4 Å². The zero-order chi connectivity index (χ0) is 14.0. The van der Waals surface area contributed by atoms with E-state index >= 15 is 0 Å². The molecule has 0 aromatic heterocycles. The number of rotatable bonds is 3. The van der Waals surface area contributed by atoms with Crippen LogP contribution >= 0.6 is 0 Å². The number of hydrogen-bond donors (Lipinski definition) is 1. The van der Waals surface area contributed by atoms with Gasteiger partial charge in [-0.1, -0.05) is 6.92 Å². The molecule has 0 spiro atoms. The van der Waals surface area contributed by atoms with Gasteiger partial charge in [0.05, 0.1) is 0 Å². The van der Waals surface area contributed by atoms with Crippen molar-refractivity contribution in [1.29, 1.82) is 0 Å². The van der Waals surface area contributed by atoms with Gasteiger partial charge in [0.15, 0.2) is 6.10 Å². The summed E-state index contributed by atoms with van der Waals surface area (Å²) in [6, 6.07) is 0.384. The number of carboxylic acids is 1. The van der Waals surface area contributed by atoms with E-state index in [4.69, 9.17) is 9.84 Å². The molecular formula is C13H22N2O4. The maximum absolute atomic E-state index is 12.3. The second kappa shape index (κ2) is 5.88. The minimum Gasteiger partial charge on any atom is -0.479 e. The van der Waals surface area contributed by atoms with Crippen LogP contribution in [0.3, 0.4) is 0 Å². The fourth-order valence-corrected chi connectivity index (χ4v) is 2.79. The van der Waals surface area contributed by atoms with Gasteiger partial charge in [0, 0.05) is 25.7 Å². The Morgan fingerprint density at radius 3 is 2.53 bits per heavy atom. The number of amides is 1. The van der Waals surface area contributed by atoms with E-state index in [2.05, 4.69) is 18.9 Å². The summed E-state index contributed by atoms with van der Waals surface area (Å²) in [4.78, 5) is 27.2. The number of carbonyl (C=O) groups excluding carboxylic acids is 1. The van der Waals surface area contributed by atoms with Gasteiger partial charge in [0.1, 0.15) is 6.10 Å². The smallest absolute Gasteiger partial charge is 0.332 e. The Balaban J connectivity index is 1.92. The lowest BCUT2D eigenvalue weighted by atomic mass is 10.1. The van der Waals surface area contributed by atoms with Crippen LogP contribution in [0.25, 0.3) is 0 Å². The number of nitrogens with zero attached hydrogens (tertiary/aromatic N) is 2. The van der Waals surface area contributed by atoms with Crippen LogP contribution in [0.2, 0.25) is 0 Å². The molecule has 2 aliphatic rings. The van der Waals surface area contributed by atoms with Crippen LogP contribution in [0.1, 0.15) is 26.2 Å². The highest BCUT2D eigenvalue weighted by Gasteiger charge is 2.38. The average Bonchev–Trinajstić information content (AvgIpc) is 2.88. The minimum atomic E-state index is -0.972. The molecule has 1 amide bonds. The van der Waals surface area contributed by atoms with Gasteiger partial charge >= 0.3 is 5.97 Å². The summed E-state index contributed by atoms with van der Waals surface area (Å²) in [5, 5.41) is 8.88. The van der Waals surface area contributed by atoms with Crippen molar-refractivity contribution in [1.82, 2.24) is 9.80 Å². The maximum atomic E-state index is 12.3. The predicted octanol–water partition coefficient (Wildman–Crippen LogP) is 0.171. The first-order valence-electron chi connectivity index (χ1n) is 6.90. The van der Waals surface area contributed by atoms with Crippen molar-refractivity contribution >= 4 is 11.9 Å².